The van der Waals surface area contributed by atoms with Crippen LogP contribution in [0.15, 0.2) is 30.3 Å². The van der Waals surface area contributed by atoms with Crippen LogP contribution in [-0.4, -0.2) is 22.5 Å². The average Bonchev–Trinajstić information content (AvgIpc) is 2.28. The molecule has 3 N–H and O–H groups in total. The van der Waals surface area contributed by atoms with Gasteiger partial charge in [-0.15, -0.1) is 11.6 Å². The second-order valence-corrected chi connectivity index (χ2v) is 4.78. The lowest BCUT2D eigenvalue weighted by molar-refractivity contribution is -0.138. The number of rotatable bonds is 3. The molecule has 17 heavy (non-hydrogen) atoms. The van der Waals surface area contributed by atoms with Gasteiger partial charge in [0.05, 0.1) is 0 Å². The van der Waals surface area contributed by atoms with Crippen LogP contribution in [0.2, 0.25) is 0 Å². The summed E-state index contributed by atoms with van der Waals surface area (Å²) in [6.45, 7) is 0. The minimum atomic E-state index is -0.959. The van der Waals surface area contributed by atoms with Crippen molar-refractivity contribution in [1.29, 1.82) is 0 Å². The number of carbonyl (C=O) groups is 1. The van der Waals surface area contributed by atoms with E-state index in [4.69, 9.17) is 22.4 Å². The Hall–Kier alpha value is -1.06. The molecule has 0 bridgehead atoms. The zero-order chi connectivity index (χ0) is 12.7. The Bertz CT molecular complexity index is 339. The maximum absolute atomic E-state index is 10.4. The van der Waals surface area contributed by atoms with Crippen LogP contribution in [0.5, 0.6) is 0 Å². The number of carboxylic acids is 1. The predicted octanol–water partition coefficient (Wildman–Crippen LogP) is 2.42. The second kappa shape index (κ2) is 7.30. The first-order valence-corrected chi connectivity index (χ1v) is 6.19. The lowest BCUT2D eigenvalue weighted by Gasteiger charge is -2.16. The van der Waals surface area contributed by atoms with Crippen molar-refractivity contribution in [2.75, 3.05) is 0 Å². The highest BCUT2D eigenvalue weighted by Gasteiger charge is 2.12. The van der Waals surface area contributed by atoms with Crippen molar-refractivity contribution < 1.29 is 9.90 Å². The van der Waals surface area contributed by atoms with E-state index in [1.807, 2.05) is 30.3 Å². The van der Waals surface area contributed by atoms with Crippen molar-refractivity contribution in [3.63, 3.8) is 0 Å². The van der Waals surface area contributed by atoms with Gasteiger partial charge in [0, 0.05) is 5.38 Å². The Morgan fingerprint density at radius 2 is 1.94 bits per heavy atom. The van der Waals surface area contributed by atoms with E-state index in [0.29, 0.717) is 11.8 Å². The maximum atomic E-state index is 10.4. The molecule has 1 atom stereocenters. The zero-order valence-corrected chi connectivity index (χ0v) is 10.4. The van der Waals surface area contributed by atoms with Crippen LogP contribution >= 0.6 is 11.6 Å². The van der Waals surface area contributed by atoms with E-state index in [0.717, 1.165) is 5.56 Å². The largest absolute Gasteiger partial charge is 0.480 e. The maximum Gasteiger partial charge on any atom is 0.320 e. The smallest absolute Gasteiger partial charge is 0.320 e. The fourth-order valence-corrected chi connectivity index (χ4v) is 1.62. The van der Waals surface area contributed by atoms with E-state index < -0.39 is 12.0 Å². The average molecular weight is 256 g/mol. The lowest BCUT2D eigenvalue weighted by atomic mass is 10.0. The fraction of sp³-hybridized carbons (Fsp3) is 0.462. The molecule has 3 nitrogen and oxygen atoms in total. The number of aliphatic carboxylic acids is 1. The minimum absolute atomic E-state index is 0.385. The summed E-state index contributed by atoms with van der Waals surface area (Å²) in [5, 5.41) is 9.06. The Balaban J connectivity index is 0.000000239. The molecule has 0 saturated heterocycles. The third-order valence-electron chi connectivity index (χ3n) is 2.65. The number of alkyl halides is 1. The van der Waals surface area contributed by atoms with Gasteiger partial charge in [-0.1, -0.05) is 36.8 Å². The van der Waals surface area contributed by atoms with Crippen molar-refractivity contribution in [1.82, 2.24) is 0 Å². The summed E-state index contributed by atoms with van der Waals surface area (Å²) in [6, 6.07) is 8.54. The van der Waals surface area contributed by atoms with Gasteiger partial charge in [-0.3, -0.25) is 4.79 Å². The Morgan fingerprint density at radius 3 is 2.29 bits per heavy atom. The van der Waals surface area contributed by atoms with Gasteiger partial charge in [0.1, 0.15) is 6.04 Å². The van der Waals surface area contributed by atoms with Gasteiger partial charge < -0.3 is 10.8 Å². The topological polar surface area (TPSA) is 63.3 Å². The molecular formula is C13H18ClNO2. The van der Waals surface area contributed by atoms with Crippen LogP contribution in [0.25, 0.3) is 0 Å². The molecule has 1 saturated carbocycles. The van der Waals surface area contributed by atoms with Gasteiger partial charge in [-0.2, -0.15) is 0 Å². The van der Waals surface area contributed by atoms with Crippen LogP contribution in [0.1, 0.15) is 24.8 Å². The van der Waals surface area contributed by atoms with Crippen LogP contribution < -0.4 is 5.73 Å². The summed E-state index contributed by atoms with van der Waals surface area (Å²) in [5.74, 6) is -0.959. The molecule has 94 valence electrons. The van der Waals surface area contributed by atoms with E-state index >= 15 is 0 Å². The molecule has 2 rings (SSSR count). The molecule has 1 aromatic carbocycles. The quantitative estimate of drug-likeness (QED) is 0.816. The first kappa shape index (κ1) is 14.0. The molecule has 1 aromatic rings. The third kappa shape index (κ3) is 5.71. The number of nitrogens with two attached hydrogens (primary N) is 1. The monoisotopic (exact) mass is 255 g/mol. The number of hydrogen-bond acceptors (Lipinski definition) is 2. The molecule has 0 spiro atoms. The van der Waals surface area contributed by atoms with E-state index in [1.165, 1.54) is 19.3 Å². The van der Waals surface area contributed by atoms with Crippen LogP contribution in [-0.2, 0) is 11.2 Å². The molecule has 1 aliphatic carbocycles. The van der Waals surface area contributed by atoms with Gasteiger partial charge in [0.15, 0.2) is 0 Å². The van der Waals surface area contributed by atoms with Gasteiger partial charge in [-0.05, 0) is 24.8 Å². The highest BCUT2D eigenvalue weighted by atomic mass is 35.5. The molecule has 0 aliphatic heterocycles. The first-order valence-electron chi connectivity index (χ1n) is 5.76. The molecule has 0 radical (unpaired) electrons. The summed E-state index contributed by atoms with van der Waals surface area (Å²) in [4.78, 5) is 10.4. The van der Waals surface area contributed by atoms with Crippen molar-refractivity contribution in [3.05, 3.63) is 35.9 Å². The van der Waals surface area contributed by atoms with Gasteiger partial charge >= 0.3 is 5.97 Å². The number of halogens is 1. The van der Waals surface area contributed by atoms with Crippen molar-refractivity contribution in [2.45, 2.75) is 37.1 Å². The normalized spacial score (nSPS) is 16.4. The van der Waals surface area contributed by atoms with Crippen molar-refractivity contribution >= 4 is 17.6 Å². The Kier molecular flexibility index (Phi) is 6.01. The Labute approximate surface area is 107 Å². The fourth-order valence-electron chi connectivity index (χ4n) is 1.31. The summed E-state index contributed by atoms with van der Waals surface area (Å²) in [5.41, 5.74) is 6.30. The molecule has 1 fully saturated rings. The third-order valence-corrected chi connectivity index (χ3v) is 3.09. The standard InChI is InChI=1S/C9H11NO2.C4H7Cl/c10-8(9(11)12)6-7-4-2-1-3-5-7;5-4-2-1-3-4/h1-5,8H,6,10H2,(H,11,12);4H,1-3H2. The summed E-state index contributed by atoms with van der Waals surface area (Å²) in [7, 11) is 0. The SMILES string of the molecule is ClC1CCC1.NC(Cc1ccccc1)C(=O)O. The minimum Gasteiger partial charge on any atom is -0.480 e. The van der Waals surface area contributed by atoms with E-state index in [-0.39, 0.29) is 0 Å². The first-order chi connectivity index (χ1) is 8.09. The summed E-state index contributed by atoms with van der Waals surface area (Å²) < 4.78 is 0. The molecular weight excluding hydrogens is 238 g/mol. The van der Waals surface area contributed by atoms with Crippen LogP contribution in [0, 0.1) is 0 Å². The van der Waals surface area contributed by atoms with Gasteiger partial charge in [-0.25, -0.2) is 0 Å². The van der Waals surface area contributed by atoms with Crippen molar-refractivity contribution in [3.8, 4) is 0 Å². The number of benzene rings is 1. The van der Waals surface area contributed by atoms with Crippen molar-refractivity contribution in [2.24, 2.45) is 5.73 Å². The molecule has 1 unspecified atom stereocenters. The predicted molar refractivity (Wildman–Crippen MR) is 69.2 cm³/mol. The van der Waals surface area contributed by atoms with Gasteiger partial charge in [0.25, 0.3) is 0 Å². The number of hydrogen-bond donors (Lipinski definition) is 2. The zero-order valence-electron chi connectivity index (χ0n) is 9.68. The molecule has 0 heterocycles. The number of carboxylic acid groups (broad SMARTS) is 1. The highest BCUT2D eigenvalue weighted by molar-refractivity contribution is 6.21. The molecule has 0 aromatic heterocycles. The van der Waals surface area contributed by atoms with E-state index in [1.54, 1.807) is 0 Å². The Morgan fingerprint density at radius 1 is 1.41 bits per heavy atom. The van der Waals surface area contributed by atoms with E-state index in [2.05, 4.69) is 0 Å². The van der Waals surface area contributed by atoms with Crippen LogP contribution in [0.4, 0.5) is 0 Å². The summed E-state index contributed by atoms with van der Waals surface area (Å²) >= 11 is 5.55. The van der Waals surface area contributed by atoms with Gasteiger partial charge in [0.2, 0.25) is 0 Å². The summed E-state index contributed by atoms with van der Waals surface area (Å²) in [6.07, 6.45) is 4.24. The lowest BCUT2D eigenvalue weighted by Crippen LogP contribution is -2.32. The highest BCUT2D eigenvalue weighted by Crippen LogP contribution is 2.23. The molecule has 1 aliphatic rings. The van der Waals surface area contributed by atoms with E-state index in [9.17, 15) is 4.79 Å². The molecule has 4 heteroatoms. The molecule has 0 amide bonds. The second-order valence-electron chi connectivity index (χ2n) is 4.16. The van der Waals surface area contributed by atoms with Crippen LogP contribution in [0.3, 0.4) is 0 Å².